The van der Waals surface area contributed by atoms with Gasteiger partial charge >= 0.3 is 0 Å². The number of hydrogen-bond donors (Lipinski definition) is 0. The second-order valence-corrected chi connectivity index (χ2v) is 7.03. The van der Waals surface area contributed by atoms with Gasteiger partial charge in [-0.3, -0.25) is 4.79 Å². The van der Waals surface area contributed by atoms with E-state index in [0.29, 0.717) is 18.2 Å². The minimum absolute atomic E-state index is 0.177. The lowest BCUT2D eigenvalue weighted by Crippen LogP contribution is -2.43. The minimum atomic E-state index is 0.177. The van der Waals surface area contributed by atoms with Crippen LogP contribution in [0.3, 0.4) is 0 Å². The molecule has 4 rings (SSSR count). The summed E-state index contributed by atoms with van der Waals surface area (Å²) in [5.41, 5.74) is 4.80. The van der Waals surface area contributed by atoms with Gasteiger partial charge in [0.2, 0.25) is 0 Å². The molecule has 2 aliphatic heterocycles. The van der Waals surface area contributed by atoms with E-state index in [9.17, 15) is 4.79 Å². The number of carbonyl (C=O) groups excluding carboxylic acids is 1. The van der Waals surface area contributed by atoms with Crippen molar-refractivity contribution in [2.75, 3.05) is 20.1 Å². The Labute approximate surface area is 148 Å². The summed E-state index contributed by atoms with van der Waals surface area (Å²) in [7, 11) is 2.14. The second kappa shape index (κ2) is 6.34. The number of amides is 1. The molecule has 126 valence electrons. The summed E-state index contributed by atoms with van der Waals surface area (Å²) in [5.74, 6) is 0.177. The van der Waals surface area contributed by atoms with Crippen LogP contribution in [0, 0.1) is 11.3 Å². The van der Waals surface area contributed by atoms with Gasteiger partial charge in [-0.1, -0.05) is 18.2 Å². The third kappa shape index (κ3) is 2.92. The van der Waals surface area contributed by atoms with Crippen molar-refractivity contribution in [2.24, 2.45) is 0 Å². The van der Waals surface area contributed by atoms with Gasteiger partial charge in [0.05, 0.1) is 11.6 Å². The van der Waals surface area contributed by atoms with Crippen LogP contribution in [-0.4, -0.2) is 41.9 Å². The Morgan fingerprint density at radius 2 is 1.72 bits per heavy atom. The van der Waals surface area contributed by atoms with Gasteiger partial charge in [-0.05, 0) is 73.9 Å². The standard InChI is InChI=1S/C21H21N3O/c1-23-10-8-19(9-11-23)24-14-18-12-17(6-7-20(18)21(24)25)16-4-2-15(13-22)3-5-16/h2-7,12,19H,8-11,14H2,1H3. The molecule has 0 bridgehead atoms. The van der Waals surface area contributed by atoms with Crippen LogP contribution in [0.25, 0.3) is 11.1 Å². The lowest BCUT2D eigenvalue weighted by molar-refractivity contribution is 0.0617. The predicted octanol–water partition coefficient (Wildman–Crippen LogP) is 3.28. The number of likely N-dealkylation sites (tertiary alicyclic amines) is 1. The fourth-order valence-electron chi connectivity index (χ4n) is 3.86. The number of hydrogen-bond acceptors (Lipinski definition) is 3. The van der Waals surface area contributed by atoms with Crippen LogP contribution < -0.4 is 0 Å². The highest BCUT2D eigenvalue weighted by Gasteiger charge is 2.34. The molecule has 1 amide bonds. The third-order valence-electron chi connectivity index (χ3n) is 5.41. The van der Waals surface area contributed by atoms with E-state index in [2.05, 4.69) is 29.0 Å². The fourth-order valence-corrected chi connectivity index (χ4v) is 3.86. The number of benzene rings is 2. The summed E-state index contributed by atoms with van der Waals surface area (Å²) in [4.78, 5) is 17.2. The monoisotopic (exact) mass is 331 g/mol. The van der Waals surface area contributed by atoms with E-state index >= 15 is 0 Å². The molecular formula is C21H21N3O. The molecular weight excluding hydrogens is 310 g/mol. The molecule has 1 saturated heterocycles. The van der Waals surface area contributed by atoms with Crippen molar-refractivity contribution in [3.8, 4) is 17.2 Å². The number of piperidine rings is 1. The lowest BCUT2D eigenvalue weighted by Gasteiger charge is -2.34. The molecule has 0 saturated carbocycles. The molecule has 2 aromatic rings. The molecule has 0 spiro atoms. The third-order valence-corrected chi connectivity index (χ3v) is 5.41. The molecule has 2 aliphatic rings. The predicted molar refractivity (Wildman–Crippen MR) is 97.0 cm³/mol. The highest BCUT2D eigenvalue weighted by Crippen LogP contribution is 2.31. The van der Waals surface area contributed by atoms with E-state index in [1.54, 1.807) is 0 Å². The number of rotatable bonds is 2. The molecule has 25 heavy (non-hydrogen) atoms. The van der Waals surface area contributed by atoms with Crippen molar-refractivity contribution in [1.82, 2.24) is 9.80 Å². The first-order chi connectivity index (χ1) is 12.2. The van der Waals surface area contributed by atoms with Crippen LogP contribution in [0.4, 0.5) is 0 Å². The molecule has 0 radical (unpaired) electrons. The van der Waals surface area contributed by atoms with Crippen molar-refractivity contribution in [2.45, 2.75) is 25.4 Å². The SMILES string of the molecule is CN1CCC(N2Cc3cc(-c4ccc(C#N)cc4)ccc3C2=O)CC1. The van der Waals surface area contributed by atoms with E-state index in [4.69, 9.17) is 5.26 Å². The smallest absolute Gasteiger partial charge is 0.254 e. The maximum Gasteiger partial charge on any atom is 0.254 e. The zero-order valence-electron chi connectivity index (χ0n) is 14.4. The molecule has 0 aromatic heterocycles. The Balaban J connectivity index is 1.58. The number of fused-ring (bicyclic) bond motifs is 1. The van der Waals surface area contributed by atoms with Gasteiger partial charge < -0.3 is 9.80 Å². The number of nitriles is 1. The fraction of sp³-hybridized carbons (Fsp3) is 0.333. The van der Waals surface area contributed by atoms with E-state index in [1.807, 2.05) is 36.4 Å². The summed E-state index contributed by atoms with van der Waals surface area (Å²) in [5, 5.41) is 8.93. The Bertz CT molecular complexity index is 842. The number of nitrogens with zero attached hydrogens (tertiary/aromatic N) is 3. The maximum atomic E-state index is 12.8. The van der Waals surface area contributed by atoms with Crippen LogP contribution in [0.2, 0.25) is 0 Å². The van der Waals surface area contributed by atoms with Gasteiger partial charge in [0.15, 0.2) is 0 Å². The first-order valence-electron chi connectivity index (χ1n) is 8.78. The van der Waals surface area contributed by atoms with Gasteiger partial charge in [-0.25, -0.2) is 0 Å². The van der Waals surface area contributed by atoms with E-state index in [-0.39, 0.29) is 5.91 Å². The molecule has 4 heteroatoms. The average Bonchev–Trinajstić information content (AvgIpc) is 2.98. The highest BCUT2D eigenvalue weighted by atomic mass is 16.2. The van der Waals surface area contributed by atoms with Gasteiger partial charge in [-0.2, -0.15) is 5.26 Å². The molecule has 4 nitrogen and oxygen atoms in total. The van der Waals surface area contributed by atoms with Crippen LogP contribution >= 0.6 is 0 Å². The molecule has 1 fully saturated rings. The summed E-state index contributed by atoms with van der Waals surface area (Å²) >= 11 is 0. The van der Waals surface area contributed by atoms with Crippen LogP contribution in [-0.2, 0) is 6.54 Å². The Morgan fingerprint density at radius 3 is 2.40 bits per heavy atom. The van der Waals surface area contributed by atoms with E-state index < -0.39 is 0 Å². The zero-order valence-corrected chi connectivity index (χ0v) is 14.4. The van der Waals surface area contributed by atoms with Crippen LogP contribution in [0.1, 0.15) is 34.3 Å². The van der Waals surface area contributed by atoms with Crippen molar-refractivity contribution >= 4 is 5.91 Å². The van der Waals surface area contributed by atoms with Crippen LogP contribution in [0.15, 0.2) is 42.5 Å². The topological polar surface area (TPSA) is 47.3 Å². The summed E-state index contributed by atoms with van der Waals surface area (Å²) in [6.07, 6.45) is 2.11. The van der Waals surface area contributed by atoms with Gasteiger partial charge in [0, 0.05) is 18.2 Å². The zero-order chi connectivity index (χ0) is 17.4. The maximum absolute atomic E-state index is 12.8. The van der Waals surface area contributed by atoms with Crippen molar-refractivity contribution in [3.63, 3.8) is 0 Å². The number of carbonyl (C=O) groups is 1. The van der Waals surface area contributed by atoms with Gasteiger partial charge in [-0.15, -0.1) is 0 Å². The Hall–Kier alpha value is -2.64. The van der Waals surface area contributed by atoms with Crippen LogP contribution in [0.5, 0.6) is 0 Å². The quantitative estimate of drug-likeness (QED) is 0.848. The first kappa shape index (κ1) is 15.9. The second-order valence-electron chi connectivity index (χ2n) is 7.03. The van der Waals surface area contributed by atoms with Crippen molar-refractivity contribution < 1.29 is 4.79 Å². The molecule has 0 unspecified atom stereocenters. The summed E-state index contributed by atoms with van der Waals surface area (Å²) < 4.78 is 0. The largest absolute Gasteiger partial charge is 0.331 e. The molecule has 2 heterocycles. The van der Waals surface area contributed by atoms with E-state index in [0.717, 1.165) is 48.2 Å². The lowest BCUT2D eigenvalue weighted by atomic mass is 10.00. The van der Waals surface area contributed by atoms with Crippen molar-refractivity contribution in [1.29, 1.82) is 5.26 Å². The highest BCUT2D eigenvalue weighted by molar-refractivity contribution is 5.99. The van der Waals surface area contributed by atoms with E-state index in [1.165, 1.54) is 0 Å². The minimum Gasteiger partial charge on any atom is -0.331 e. The van der Waals surface area contributed by atoms with Gasteiger partial charge in [0.1, 0.15) is 0 Å². The molecule has 0 atom stereocenters. The van der Waals surface area contributed by atoms with Crippen molar-refractivity contribution in [3.05, 3.63) is 59.2 Å². The summed E-state index contributed by atoms with van der Waals surface area (Å²) in [6, 6.07) is 16.2. The molecule has 2 aromatic carbocycles. The molecule has 0 aliphatic carbocycles. The van der Waals surface area contributed by atoms with Gasteiger partial charge in [0.25, 0.3) is 5.91 Å². The molecule has 0 N–H and O–H groups in total. The first-order valence-corrected chi connectivity index (χ1v) is 8.78. The Kier molecular flexibility index (Phi) is 4.03. The Morgan fingerprint density at radius 1 is 1.04 bits per heavy atom. The summed E-state index contributed by atoms with van der Waals surface area (Å²) in [6.45, 7) is 2.83. The normalized spacial score (nSPS) is 18.2. The average molecular weight is 331 g/mol.